The van der Waals surface area contributed by atoms with Crippen molar-refractivity contribution in [1.29, 1.82) is 0 Å². The van der Waals surface area contributed by atoms with Crippen molar-refractivity contribution in [1.82, 2.24) is 14.9 Å². The molecule has 0 atom stereocenters. The van der Waals surface area contributed by atoms with Crippen LogP contribution in [0.1, 0.15) is 22.9 Å². The van der Waals surface area contributed by atoms with Crippen LogP contribution in [0.5, 0.6) is 0 Å². The Hall–Kier alpha value is -1.86. The van der Waals surface area contributed by atoms with Crippen LogP contribution >= 0.6 is 27.7 Å². The van der Waals surface area contributed by atoms with Gasteiger partial charge in [0, 0.05) is 10.2 Å². The lowest BCUT2D eigenvalue weighted by molar-refractivity contribution is 0.527. The molecule has 2 heterocycles. The van der Waals surface area contributed by atoms with E-state index < -0.39 is 0 Å². The van der Waals surface area contributed by atoms with E-state index in [1.807, 2.05) is 38.1 Å². The number of hydrogen-bond acceptors (Lipinski definition) is 5. The van der Waals surface area contributed by atoms with Gasteiger partial charge in [-0.3, -0.25) is 0 Å². The van der Waals surface area contributed by atoms with Crippen LogP contribution in [0.2, 0.25) is 0 Å². The Morgan fingerprint density at radius 3 is 2.65 bits per heavy atom. The third-order valence-electron chi connectivity index (χ3n) is 3.11. The van der Waals surface area contributed by atoms with Crippen molar-refractivity contribution in [2.75, 3.05) is 0 Å². The van der Waals surface area contributed by atoms with Gasteiger partial charge in [0.25, 0.3) is 0 Å². The first-order chi connectivity index (χ1) is 11.1. The summed E-state index contributed by atoms with van der Waals surface area (Å²) in [5.74, 6) is 3.11. The number of aryl methyl sites for hydroxylation is 2. The predicted molar refractivity (Wildman–Crippen MR) is 94.9 cm³/mol. The summed E-state index contributed by atoms with van der Waals surface area (Å²) in [5.41, 5.74) is 1.22. The molecule has 0 radical (unpaired) electrons. The summed E-state index contributed by atoms with van der Waals surface area (Å²) in [6.07, 6.45) is 1.67. The minimum absolute atomic E-state index is 0.708. The van der Waals surface area contributed by atoms with Gasteiger partial charge in [-0.1, -0.05) is 39.8 Å². The van der Waals surface area contributed by atoms with Gasteiger partial charge in [-0.25, -0.2) is 0 Å². The number of halogens is 1. The van der Waals surface area contributed by atoms with E-state index >= 15 is 0 Å². The lowest BCUT2D eigenvalue weighted by Gasteiger charge is -2.02. The average Bonchev–Trinajstić information content (AvgIpc) is 3.11. The third-order valence-corrected chi connectivity index (χ3v) is 4.63. The van der Waals surface area contributed by atoms with Crippen LogP contribution in [-0.2, 0) is 5.75 Å². The fourth-order valence-corrected chi connectivity index (χ4v) is 3.08. The minimum Gasteiger partial charge on any atom is -0.460 e. The standard InChI is InChI=1S/C16H15BrN4OS/c1-11-3-8-15(22-11)9-18-21-12(2)19-20-16(21)23-10-13-4-6-14(17)7-5-13/h3-9H,10H2,1-2H3/b18-9-. The minimum atomic E-state index is 0.708. The molecule has 0 N–H and O–H groups in total. The first-order valence-corrected chi connectivity index (χ1v) is 8.80. The van der Waals surface area contributed by atoms with Crippen LogP contribution < -0.4 is 0 Å². The molecule has 0 fully saturated rings. The first kappa shape index (κ1) is 16.0. The van der Waals surface area contributed by atoms with Gasteiger partial charge in [0.05, 0.1) is 6.21 Å². The van der Waals surface area contributed by atoms with Crippen LogP contribution in [0.25, 0.3) is 0 Å². The molecule has 0 bridgehead atoms. The topological polar surface area (TPSA) is 56.2 Å². The van der Waals surface area contributed by atoms with Crippen molar-refractivity contribution >= 4 is 33.9 Å². The summed E-state index contributed by atoms with van der Waals surface area (Å²) in [6, 6.07) is 12.0. The maximum atomic E-state index is 5.49. The van der Waals surface area contributed by atoms with Gasteiger partial charge >= 0.3 is 0 Å². The van der Waals surface area contributed by atoms with Crippen LogP contribution in [0.15, 0.2) is 55.5 Å². The van der Waals surface area contributed by atoms with E-state index in [0.29, 0.717) is 5.76 Å². The highest BCUT2D eigenvalue weighted by Gasteiger charge is 2.09. The van der Waals surface area contributed by atoms with Crippen molar-refractivity contribution < 1.29 is 4.42 Å². The highest BCUT2D eigenvalue weighted by Crippen LogP contribution is 2.22. The van der Waals surface area contributed by atoms with Gasteiger partial charge in [0.2, 0.25) is 5.16 Å². The summed E-state index contributed by atoms with van der Waals surface area (Å²) in [6.45, 7) is 3.78. The molecule has 0 saturated carbocycles. The summed E-state index contributed by atoms with van der Waals surface area (Å²) in [5, 5.41) is 13.5. The molecular weight excluding hydrogens is 376 g/mol. The highest BCUT2D eigenvalue weighted by atomic mass is 79.9. The summed E-state index contributed by atoms with van der Waals surface area (Å²) < 4.78 is 8.28. The van der Waals surface area contributed by atoms with E-state index in [1.165, 1.54) is 5.56 Å². The largest absolute Gasteiger partial charge is 0.460 e. The number of hydrogen-bond donors (Lipinski definition) is 0. The van der Waals surface area contributed by atoms with Gasteiger partial charge in [-0.05, 0) is 43.7 Å². The molecule has 23 heavy (non-hydrogen) atoms. The van der Waals surface area contributed by atoms with Gasteiger partial charge in [-0.15, -0.1) is 10.2 Å². The zero-order chi connectivity index (χ0) is 16.2. The van der Waals surface area contributed by atoms with E-state index in [1.54, 1.807) is 22.7 Å². The maximum absolute atomic E-state index is 5.49. The molecule has 3 rings (SSSR count). The smallest absolute Gasteiger partial charge is 0.212 e. The Morgan fingerprint density at radius 1 is 1.17 bits per heavy atom. The molecule has 1 aromatic carbocycles. The number of furan rings is 1. The SMILES string of the molecule is Cc1ccc(/C=N\n2c(C)nnc2SCc2ccc(Br)cc2)o1. The van der Waals surface area contributed by atoms with Crippen molar-refractivity contribution in [3.8, 4) is 0 Å². The zero-order valence-corrected chi connectivity index (χ0v) is 15.1. The van der Waals surface area contributed by atoms with Gasteiger partial charge < -0.3 is 4.42 Å². The fraction of sp³-hybridized carbons (Fsp3) is 0.188. The second-order valence-electron chi connectivity index (χ2n) is 4.95. The summed E-state index contributed by atoms with van der Waals surface area (Å²) in [4.78, 5) is 0. The molecule has 2 aromatic heterocycles. The van der Waals surface area contributed by atoms with Crippen molar-refractivity contribution in [2.45, 2.75) is 24.8 Å². The molecule has 0 unspecified atom stereocenters. The third kappa shape index (κ3) is 4.11. The molecule has 0 spiro atoms. The predicted octanol–water partition coefficient (Wildman–Crippen LogP) is 4.42. The molecule has 3 aromatic rings. The van der Waals surface area contributed by atoms with E-state index in [2.05, 4.69) is 43.4 Å². The highest BCUT2D eigenvalue weighted by molar-refractivity contribution is 9.10. The maximum Gasteiger partial charge on any atom is 0.212 e. The Bertz CT molecular complexity index is 823. The van der Waals surface area contributed by atoms with Crippen LogP contribution in [0, 0.1) is 13.8 Å². The van der Waals surface area contributed by atoms with Gasteiger partial charge in [0.1, 0.15) is 11.5 Å². The molecule has 0 amide bonds. The number of benzene rings is 1. The monoisotopic (exact) mass is 390 g/mol. The lowest BCUT2D eigenvalue weighted by Crippen LogP contribution is -1.96. The summed E-state index contributed by atoms with van der Waals surface area (Å²) >= 11 is 5.04. The van der Waals surface area contributed by atoms with Crippen molar-refractivity contribution in [3.63, 3.8) is 0 Å². The first-order valence-electron chi connectivity index (χ1n) is 7.02. The number of thioether (sulfide) groups is 1. The lowest BCUT2D eigenvalue weighted by atomic mass is 10.2. The van der Waals surface area contributed by atoms with E-state index in [4.69, 9.17) is 4.42 Å². The normalized spacial score (nSPS) is 11.4. The Morgan fingerprint density at radius 2 is 1.96 bits per heavy atom. The molecule has 0 aliphatic carbocycles. The quantitative estimate of drug-likeness (QED) is 0.477. The number of rotatable bonds is 5. The molecule has 7 heteroatoms. The fourth-order valence-electron chi connectivity index (χ4n) is 1.93. The zero-order valence-electron chi connectivity index (χ0n) is 12.7. The number of nitrogens with zero attached hydrogens (tertiary/aromatic N) is 4. The Balaban J connectivity index is 1.73. The molecule has 0 aliphatic rings. The van der Waals surface area contributed by atoms with Crippen LogP contribution in [0.4, 0.5) is 0 Å². The average molecular weight is 391 g/mol. The van der Waals surface area contributed by atoms with Crippen LogP contribution in [-0.4, -0.2) is 21.1 Å². The molecule has 118 valence electrons. The second-order valence-corrected chi connectivity index (χ2v) is 6.81. The molecule has 0 aliphatic heterocycles. The van der Waals surface area contributed by atoms with Crippen molar-refractivity contribution in [3.05, 3.63) is 63.8 Å². The molecule has 5 nitrogen and oxygen atoms in total. The van der Waals surface area contributed by atoms with E-state index in [9.17, 15) is 0 Å². The Kier molecular flexibility index (Phi) is 4.97. The van der Waals surface area contributed by atoms with Gasteiger partial charge in [0.15, 0.2) is 5.82 Å². The van der Waals surface area contributed by atoms with E-state index in [-0.39, 0.29) is 0 Å². The molecular formula is C16H15BrN4OS. The number of aromatic nitrogens is 3. The van der Waals surface area contributed by atoms with Gasteiger partial charge in [-0.2, -0.15) is 9.78 Å². The Labute approximate surface area is 146 Å². The second kappa shape index (κ2) is 7.14. The van der Waals surface area contributed by atoms with Crippen molar-refractivity contribution in [2.24, 2.45) is 5.10 Å². The molecule has 0 saturated heterocycles. The van der Waals surface area contributed by atoms with E-state index in [0.717, 1.165) is 27.0 Å². The summed E-state index contributed by atoms with van der Waals surface area (Å²) in [7, 11) is 0. The van der Waals surface area contributed by atoms with Crippen LogP contribution in [0.3, 0.4) is 0 Å².